The van der Waals surface area contributed by atoms with Gasteiger partial charge in [0.15, 0.2) is 0 Å². The van der Waals surface area contributed by atoms with Crippen molar-refractivity contribution in [2.75, 3.05) is 31.8 Å². The van der Waals surface area contributed by atoms with E-state index in [2.05, 4.69) is 10.3 Å². The zero-order valence-corrected chi connectivity index (χ0v) is 12.8. The van der Waals surface area contributed by atoms with Crippen molar-refractivity contribution in [1.82, 2.24) is 9.29 Å². The Morgan fingerprint density at radius 2 is 2.00 bits per heavy atom. The summed E-state index contributed by atoms with van der Waals surface area (Å²) in [6.45, 7) is 0.809. The van der Waals surface area contributed by atoms with Crippen LogP contribution < -0.4 is 5.32 Å². The van der Waals surface area contributed by atoms with E-state index < -0.39 is 10.0 Å². The maximum Gasteiger partial charge on any atom is 0.244 e. The molecule has 0 aromatic carbocycles. The second-order valence-corrected chi connectivity index (χ2v) is 6.87. The zero-order valence-electron chi connectivity index (χ0n) is 11.3. The lowest BCUT2D eigenvalue weighted by Gasteiger charge is -2.11. The van der Waals surface area contributed by atoms with Gasteiger partial charge in [-0.3, -0.25) is 0 Å². The summed E-state index contributed by atoms with van der Waals surface area (Å²) in [4.78, 5) is 4.30. The summed E-state index contributed by atoms with van der Waals surface area (Å²) in [5, 5.41) is 3.15. The second-order valence-electron chi connectivity index (χ2n) is 4.34. The molecule has 0 fully saturated rings. The minimum Gasteiger partial charge on any atom is -0.370 e. The third-order valence-corrected chi connectivity index (χ3v) is 4.70. The van der Waals surface area contributed by atoms with E-state index in [0.717, 1.165) is 25.8 Å². The Balaban J connectivity index is 2.53. The van der Waals surface area contributed by atoms with Crippen LogP contribution in [0.1, 0.15) is 19.3 Å². The van der Waals surface area contributed by atoms with Gasteiger partial charge in [-0.05, 0) is 25.0 Å². The summed E-state index contributed by atoms with van der Waals surface area (Å²) < 4.78 is 24.8. The standard InChI is InChI=1S/C12H20ClN3O2S/c1-16(2)19(17,18)11-6-7-12(15-10-11)14-9-5-3-4-8-13/h6-7,10H,3-5,8-9H2,1-2H3,(H,14,15). The summed E-state index contributed by atoms with van der Waals surface area (Å²) in [6, 6.07) is 3.24. The molecule has 0 saturated carbocycles. The van der Waals surface area contributed by atoms with Crippen LogP contribution in [0.5, 0.6) is 0 Å². The van der Waals surface area contributed by atoms with E-state index in [4.69, 9.17) is 11.6 Å². The van der Waals surface area contributed by atoms with Gasteiger partial charge in [0.1, 0.15) is 10.7 Å². The van der Waals surface area contributed by atoms with Crippen LogP contribution in [0.15, 0.2) is 23.2 Å². The Kier molecular flexibility index (Phi) is 6.54. The highest BCUT2D eigenvalue weighted by Gasteiger charge is 2.17. The fraction of sp³-hybridized carbons (Fsp3) is 0.583. The third kappa shape index (κ3) is 4.97. The molecule has 19 heavy (non-hydrogen) atoms. The number of anilines is 1. The first-order valence-electron chi connectivity index (χ1n) is 6.17. The summed E-state index contributed by atoms with van der Waals surface area (Å²) in [5.74, 6) is 1.37. The average molecular weight is 306 g/mol. The van der Waals surface area contributed by atoms with Gasteiger partial charge in [-0.15, -0.1) is 11.6 Å². The molecule has 1 N–H and O–H groups in total. The number of rotatable bonds is 8. The van der Waals surface area contributed by atoms with Crippen molar-refractivity contribution < 1.29 is 8.42 Å². The van der Waals surface area contributed by atoms with Crippen molar-refractivity contribution in [2.24, 2.45) is 0 Å². The zero-order chi connectivity index (χ0) is 14.3. The van der Waals surface area contributed by atoms with E-state index in [-0.39, 0.29) is 4.90 Å². The lowest BCUT2D eigenvalue weighted by atomic mass is 10.2. The molecular formula is C12H20ClN3O2S. The lowest BCUT2D eigenvalue weighted by Crippen LogP contribution is -2.22. The van der Waals surface area contributed by atoms with Gasteiger partial charge in [0, 0.05) is 32.7 Å². The molecular weight excluding hydrogens is 286 g/mol. The van der Waals surface area contributed by atoms with Crippen LogP contribution in [-0.2, 0) is 10.0 Å². The monoisotopic (exact) mass is 305 g/mol. The largest absolute Gasteiger partial charge is 0.370 e. The molecule has 5 nitrogen and oxygen atoms in total. The van der Waals surface area contributed by atoms with Crippen molar-refractivity contribution in [3.63, 3.8) is 0 Å². The van der Waals surface area contributed by atoms with Gasteiger partial charge in [-0.2, -0.15) is 0 Å². The minimum absolute atomic E-state index is 0.199. The van der Waals surface area contributed by atoms with Gasteiger partial charge in [-0.25, -0.2) is 17.7 Å². The minimum atomic E-state index is -3.40. The molecule has 0 atom stereocenters. The second kappa shape index (κ2) is 7.67. The summed E-state index contributed by atoms with van der Waals surface area (Å²) in [5.41, 5.74) is 0. The van der Waals surface area contributed by atoms with Crippen molar-refractivity contribution in [1.29, 1.82) is 0 Å². The molecule has 1 rings (SSSR count). The highest BCUT2D eigenvalue weighted by Crippen LogP contribution is 2.13. The van der Waals surface area contributed by atoms with Gasteiger partial charge in [0.05, 0.1) is 0 Å². The van der Waals surface area contributed by atoms with Crippen LogP contribution in [0.4, 0.5) is 5.82 Å². The van der Waals surface area contributed by atoms with Gasteiger partial charge in [-0.1, -0.05) is 6.42 Å². The molecule has 0 aliphatic carbocycles. The van der Waals surface area contributed by atoms with Crippen LogP contribution in [0.25, 0.3) is 0 Å². The SMILES string of the molecule is CN(C)S(=O)(=O)c1ccc(NCCCCCCl)nc1. The molecule has 0 aliphatic rings. The highest BCUT2D eigenvalue weighted by molar-refractivity contribution is 7.89. The van der Waals surface area contributed by atoms with E-state index in [1.54, 1.807) is 12.1 Å². The predicted molar refractivity (Wildman–Crippen MR) is 78.2 cm³/mol. The van der Waals surface area contributed by atoms with E-state index in [1.165, 1.54) is 24.6 Å². The number of nitrogens with one attached hydrogen (secondary N) is 1. The van der Waals surface area contributed by atoms with Gasteiger partial charge < -0.3 is 5.32 Å². The molecule has 0 bridgehead atoms. The van der Waals surface area contributed by atoms with Gasteiger partial charge >= 0.3 is 0 Å². The number of unbranched alkanes of at least 4 members (excludes halogenated alkanes) is 2. The number of halogens is 1. The first-order chi connectivity index (χ1) is 8.98. The van der Waals surface area contributed by atoms with Crippen LogP contribution >= 0.6 is 11.6 Å². The van der Waals surface area contributed by atoms with Crippen molar-refractivity contribution in [2.45, 2.75) is 24.2 Å². The Labute approximate surface area is 120 Å². The number of sulfonamides is 1. The van der Waals surface area contributed by atoms with Crippen LogP contribution in [0.3, 0.4) is 0 Å². The molecule has 1 aromatic heterocycles. The van der Waals surface area contributed by atoms with E-state index >= 15 is 0 Å². The molecule has 7 heteroatoms. The molecule has 0 amide bonds. The van der Waals surface area contributed by atoms with E-state index in [1.807, 2.05) is 0 Å². The van der Waals surface area contributed by atoms with Crippen molar-refractivity contribution in [3.05, 3.63) is 18.3 Å². The van der Waals surface area contributed by atoms with E-state index in [0.29, 0.717) is 11.7 Å². The molecule has 1 aromatic rings. The summed E-state index contributed by atoms with van der Waals surface area (Å²) >= 11 is 5.59. The molecule has 1 heterocycles. The molecule has 0 unspecified atom stereocenters. The quantitative estimate of drug-likeness (QED) is 0.590. The first-order valence-corrected chi connectivity index (χ1v) is 8.14. The number of alkyl halides is 1. The molecule has 0 radical (unpaired) electrons. The summed E-state index contributed by atoms with van der Waals surface area (Å²) in [6.07, 6.45) is 4.48. The Bertz CT molecular complexity index is 474. The number of pyridine rings is 1. The van der Waals surface area contributed by atoms with Crippen LogP contribution in [-0.4, -0.2) is 44.2 Å². The number of hydrogen-bond donors (Lipinski definition) is 1. The number of hydrogen-bond acceptors (Lipinski definition) is 4. The topological polar surface area (TPSA) is 62.3 Å². The average Bonchev–Trinajstić information content (AvgIpc) is 2.39. The van der Waals surface area contributed by atoms with Gasteiger partial charge in [0.2, 0.25) is 10.0 Å². The highest BCUT2D eigenvalue weighted by atomic mass is 35.5. The normalized spacial score (nSPS) is 11.8. The van der Waals surface area contributed by atoms with Crippen LogP contribution in [0, 0.1) is 0 Å². The Hall–Kier alpha value is -0.850. The van der Waals surface area contributed by atoms with Crippen molar-refractivity contribution in [3.8, 4) is 0 Å². The number of nitrogens with zero attached hydrogens (tertiary/aromatic N) is 2. The maximum atomic E-state index is 11.8. The lowest BCUT2D eigenvalue weighted by molar-refractivity contribution is 0.520. The molecule has 0 spiro atoms. The van der Waals surface area contributed by atoms with Crippen LogP contribution in [0.2, 0.25) is 0 Å². The summed E-state index contributed by atoms with van der Waals surface area (Å²) in [7, 11) is -0.401. The van der Waals surface area contributed by atoms with Crippen molar-refractivity contribution >= 4 is 27.4 Å². The predicted octanol–water partition coefficient (Wildman–Crippen LogP) is 2.15. The van der Waals surface area contributed by atoms with E-state index in [9.17, 15) is 8.42 Å². The Morgan fingerprint density at radius 1 is 1.26 bits per heavy atom. The maximum absolute atomic E-state index is 11.8. The molecule has 0 saturated heterocycles. The first kappa shape index (κ1) is 16.2. The smallest absolute Gasteiger partial charge is 0.244 e. The fourth-order valence-corrected chi connectivity index (χ4v) is 2.50. The molecule has 0 aliphatic heterocycles. The fourth-order valence-electron chi connectivity index (χ4n) is 1.46. The third-order valence-electron chi connectivity index (χ3n) is 2.63. The Morgan fingerprint density at radius 3 is 2.53 bits per heavy atom. The van der Waals surface area contributed by atoms with Gasteiger partial charge in [0.25, 0.3) is 0 Å². The molecule has 108 valence electrons. The number of aromatic nitrogens is 1.